The molecule has 29 heavy (non-hydrogen) atoms. The van der Waals surface area contributed by atoms with Crippen molar-refractivity contribution in [3.8, 4) is 5.75 Å². The van der Waals surface area contributed by atoms with Crippen molar-refractivity contribution in [3.05, 3.63) is 29.8 Å². The molecule has 0 saturated carbocycles. The number of ether oxygens (including phenoxy) is 1. The lowest BCUT2D eigenvalue weighted by molar-refractivity contribution is -0.121. The van der Waals surface area contributed by atoms with Gasteiger partial charge in [-0.3, -0.25) is 9.69 Å². The number of methoxy groups -OCH3 is 1. The number of carbonyl (C=O) groups is 1. The smallest absolute Gasteiger partial charge is 0.220 e. The van der Waals surface area contributed by atoms with Crippen LogP contribution in [0.4, 0.5) is 0 Å². The lowest BCUT2D eigenvalue weighted by atomic mass is 9.69. The van der Waals surface area contributed by atoms with Crippen molar-refractivity contribution in [2.45, 2.75) is 63.6 Å². The highest BCUT2D eigenvalue weighted by atomic mass is 16.5. The summed E-state index contributed by atoms with van der Waals surface area (Å²) in [5.41, 5.74) is 1.03. The van der Waals surface area contributed by atoms with E-state index in [0.717, 1.165) is 42.0 Å². The number of likely N-dealkylation sites (tertiary alicyclic amines) is 1. The summed E-state index contributed by atoms with van der Waals surface area (Å²) in [5, 5.41) is 3.07. The zero-order chi connectivity index (χ0) is 20.2. The quantitative estimate of drug-likeness (QED) is 0.764. The van der Waals surface area contributed by atoms with E-state index >= 15 is 0 Å². The van der Waals surface area contributed by atoms with Gasteiger partial charge in [0.1, 0.15) is 5.75 Å². The Bertz CT molecular complexity index is 692. The summed E-state index contributed by atoms with van der Waals surface area (Å²) >= 11 is 0. The van der Waals surface area contributed by atoms with Gasteiger partial charge in [-0.2, -0.15) is 0 Å². The molecule has 4 atom stereocenters. The number of hydrogen-bond acceptors (Lipinski definition) is 4. The van der Waals surface area contributed by atoms with Crippen molar-refractivity contribution < 1.29 is 9.53 Å². The molecule has 4 rings (SSSR count). The minimum atomic E-state index is 0.148. The Balaban J connectivity index is 1.27. The highest BCUT2D eigenvalue weighted by Crippen LogP contribution is 2.42. The van der Waals surface area contributed by atoms with E-state index in [2.05, 4.69) is 22.2 Å². The summed E-state index contributed by atoms with van der Waals surface area (Å²) in [6, 6.07) is 9.32. The third-order valence-electron chi connectivity index (χ3n) is 7.50. The molecule has 3 fully saturated rings. The van der Waals surface area contributed by atoms with Gasteiger partial charge in [-0.25, -0.2) is 0 Å². The fourth-order valence-corrected chi connectivity index (χ4v) is 6.25. The summed E-state index contributed by atoms with van der Waals surface area (Å²) in [6.45, 7) is 4.38. The molecule has 3 aliphatic rings. The van der Waals surface area contributed by atoms with Gasteiger partial charge in [0.2, 0.25) is 5.91 Å². The van der Waals surface area contributed by atoms with Gasteiger partial charge < -0.3 is 15.0 Å². The molecule has 3 saturated heterocycles. The Morgan fingerprint density at radius 2 is 2.00 bits per heavy atom. The predicted molar refractivity (Wildman–Crippen MR) is 116 cm³/mol. The van der Waals surface area contributed by atoms with Crippen LogP contribution >= 0.6 is 0 Å². The second-order valence-electron chi connectivity index (χ2n) is 9.22. The van der Waals surface area contributed by atoms with Crippen LogP contribution < -0.4 is 10.1 Å². The highest BCUT2D eigenvalue weighted by molar-refractivity contribution is 5.75. The average molecular weight is 400 g/mol. The van der Waals surface area contributed by atoms with Gasteiger partial charge in [-0.15, -0.1) is 0 Å². The number of carbonyl (C=O) groups excluding carboxylic acids is 1. The van der Waals surface area contributed by atoms with Crippen molar-refractivity contribution >= 4 is 5.91 Å². The van der Waals surface area contributed by atoms with Crippen LogP contribution in [0.1, 0.15) is 50.5 Å². The second kappa shape index (κ2) is 9.48. The standard InChI is InChI=1S/C24H37N3O2/c1-26-17-19-9-6-14-27-15-7-10-20(24(19)27)21(26)11-5-13-23(28)25-16-18-8-3-4-12-22(18)29-2/h3-4,8,12,19-21,24H,5-7,9-11,13-17H2,1-2H3,(H,25,28)/t19-,20+,21+,24-/m0/s1. The minimum Gasteiger partial charge on any atom is -0.496 e. The molecule has 5 heteroatoms. The van der Waals surface area contributed by atoms with Crippen LogP contribution in [-0.2, 0) is 11.3 Å². The van der Waals surface area contributed by atoms with E-state index in [4.69, 9.17) is 4.74 Å². The van der Waals surface area contributed by atoms with Crippen molar-refractivity contribution in [3.63, 3.8) is 0 Å². The van der Waals surface area contributed by atoms with Crippen LogP contribution in [-0.4, -0.2) is 61.6 Å². The van der Waals surface area contributed by atoms with E-state index < -0.39 is 0 Å². The maximum absolute atomic E-state index is 12.4. The summed E-state index contributed by atoms with van der Waals surface area (Å²) in [4.78, 5) is 17.8. The Morgan fingerprint density at radius 3 is 2.83 bits per heavy atom. The monoisotopic (exact) mass is 399 g/mol. The van der Waals surface area contributed by atoms with Gasteiger partial charge >= 0.3 is 0 Å². The third kappa shape index (κ3) is 4.61. The van der Waals surface area contributed by atoms with Gasteiger partial charge in [0, 0.05) is 37.2 Å². The van der Waals surface area contributed by atoms with E-state index in [1.165, 1.54) is 45.3 Å². The molecule has 160 valence electrons. The lowest BCUT2D eigenvalue weighted by Crippen LogP contribution is -2.63. The Kier molecular flexibility index (Phi) is 6.76. The maximum Gasteiger partial charge on any atom is 0.220 e. The molecule has 5 nitrogen and oxygen atoms in total. The number of nitrogens with zero attached hydrogens (tertiary/aromatic N) is 2. The Hall–Kier alpha value is -1.59. The number of amides is 1. The first-order chi connectivity index (χ1) is 14.2. The van der Waals surface area contributed by atoms with Gasteiger partial charge in [-0.05, 0) is 76.6 Å². The molecule has 0 radical (unpaired) electrons. The minimum absolute atomic E-state index is 0.148. The zero-order valence-electron chi connectivity index (χ0n) is 18.1. The van der Waals surface area contributed by atoms with Crippen LogP contribution in [0.2, 0.25) is 0 Å². The van der Waals surface area contributed by atoms with Crippen molar-refractivity contribution in [2.75, 3.05) is 33.8 Å². The molecule has 0 spiro atoms. The van der Waals surface area contributed by atoms with Gasteiger partial charge in [0.25, 0.3) is 0 Å². The largest absolute Gasteiger partial charge is 0.496 e. The average Bonchev–Trinajstić information content (AvgIpc) is 2.74. The van der Waals surface area contributed by atoms with E-state index in [1.807, 2.05) is 24.3 Å². The van der Waals surface area contributed by atoms with Gasteiger partial charge in [0.15, 0.2) is 0 Å². The molecular formula is C24H37N3O2. The molecule has 1 aromatic carbocycles. The lowest BCUT2D eigenvalue weighted by Gasteiger charge is -2.57. The predicted octanol–water partition coefficient (Wildman–Crippen LogP) is 3.29. The first-order valence-corrected chi connectivity index (χ1v) is 11.5. The van der Waals surface area contributed by atoms with Crippen LogP contribution in [0, 0.1) is 11.8 Å². The molecule has 0 aliphatic carbocycles. The van der Waals surface area contributed by atoms with Crippen molar-refractivity contribution in [1.29, 1.82) is 0 Å². The van der Waals surface area contributed by atoms with Crippen molar-refractivity contribution in [1.82, 2.24) is 15.1 Å². The number of piperidine rings is 3. The van der Waals surface area contributed by atoms with Crippen LogP contribution in [0.3, 0.4) is 0 Å². The number of nitrogens with one attached hydrogen (secondary N) is 1. The number of rotatable bonds is 7. The topological polar surface area (TPSA) is 44.8 Å². The number of para-hydroxylation sites is 1. The summed E-state index contributed by atoms with van der Waals surface area (Å²) in [7, 11) is 3.99. The van der Waals surface area contributed by atoms with E-state index in [0.29, 0.717) is 19.0 Å². The Labute approximate surface area is 175 Å². The second-order valence-corrected chi connectivity index (χ2v) is 9.22. The van der Waals surface area contributed by atoms with Gasteiger partial charge in [0.05, 0.1) is 7.11 Å². The fraction of sp³-hybridized carbons (Fsp3) is 0.708. The molecular weight excluding hydrogens is 362 g/mol. The zero-order valence-corrected chi connectivity index (χ0v) is 18.1. The molecule has 0 bridgehead atoms. The van der Waals surface area contributed by atoms with E-state index in [9.17, 15) is 4.79 Å². The molecule has 0 aromatic heterocycles. The third-order valence-corrected chi connectivity index (χ3v) is 7.50. The first-order valence-electron chi connectivity index (χ1n) is 11.5. The SMILES string of the molecule is COc1ccccc1CNC(=O)CCC[C@@H]1[C@H]2CCCN3CCC[C@@H](CN1C)[C@@H]23. The Morgan fingerprint density at radius 1 is 1.21 bits per heavy atom. The summed E-state index contributed by atoms with van der Waals surface area (Å²) in [6.07, 6.45) is 8.22. The van der Waals surface area contributed by atoms with Crippen molar-refractivity contribution in [2.24, 2.45) is 11.8 Å². The summed E-state index contributed by atoms with van der Waals surface area (Å²) in [5.74, 6) is 2.64. The number of benzene rings is 1. The van der Waals surface area contributed by atoms with Crippen LogP contribution in [0.25, 0.3) is 0 Å². The normalized spacial score (nSPS) is 29.9. The van der Waals surface area contributed by atoms with E-state index in [-0.39, 0.29) is 5.91 Å². The molecule has 1 N–H and O–H groups in total. The van der Waals surface area contributed by atoms with Crippen LogP contribution in [0.5, 0.6) is 5.75 Å². The molecule has 3 aliphatic heterocycles. The molecule has 1 aromatic rings. The summed E-state index contributed by atoms with van der Waals surface area (Å²) < 4.78 is 5.37. The fourth-order valence-electron chi connectivity index (χ4n) is 6.25. The van der Waals surface area contributed by atoms with Gasteiger partial charge in [-0.1, -0.05) is 18.2 Å². The molecule has 0 unspecified atom stereocenters. The first kappa shape index (κ1) is 20.7. The highest BCUT2D eigenvalue weighted by Gasteiger charge is 2.47. The number of hydrogen-bond donors (Lipinski definition) is 1. The molecule has 3 heterocycles. The molecule has 1 amide bonds. The van der Waals surface area contributed by atoms with Crippen LogP contribution in [0.15, 0.2) is 24.3 Å². The van der Waals surface area contributed by atoms with E-state index in [1.54, 1.807) is 7.11 Å². The maximum atomic E-state index is 12.4.